The number of pyridine rings is 1. The van der Waals surface area contributed by atoms with Crippen LogP contribution in [0.4, 0.5) is 13.2 Å². The maximum atomic E-state index is 12.9. The first-order valence-corrected chi connectivity index (χ1v) is 9.77. The van der Waals surface area contributed by atoms with Crippen molar-refractivity contribution in [2.75, 3.05) is 0 Å². The summed E-state index contributed by atoms with van der Waals surface area (Å²) in [6, 6.07) is 15.8. The number of rotatable bonds is 7. The van der Waals surface area contributed by atoms with E-state index in [1.165, 1.54) is 22.9 Å². The highest BCUT2D eigenvalue weighted by atomic mass is 19.4. The third-order valence-electron chi connectivity index (χ3n) is 4.71. The zero-order valence-corrected chi connectivity index (χ0v) is 17.1. The van der Waals surface area contributed by atoms with Gasteiger partial charge in [0.1, 0.15) is 18.1 Å². The molecule has 170 valence electrons. The highest BCUT2D eigenvalue weighted by Crippen LogP contribution is 2.25. The Morgan fingerprint density at radius 3 is 2.42 bits per heavy atom. The molecule has 0 fully saturated rings. The van der Waals surface area contributed by atoms with Crippen molar-refractivity contribution >= 4 is 0 Å². The van der Waals surface area contributed by atoms with E-state index >= 15 is 0 Å². The minimum atomic E-state index is -4.82. The lowest BCUT2D eigenvalue weighted by Crippen LogP contribution is -2.23. The summed E-state index contributed by atoms with van der Waals surface area (Å²) >= 11 is 0. The Morgan fingerprint density at radius 2 is 1.73 bits per heavy atom. The summed E-state index contributed by atoms with van der Waals surface area (Å²) in [5, 5.41) is 10.3. The van der Waals surface area contributed by atoms with Crippen molar-refractivity contribution in [3.05, 3.63) is 101 Å². The monoisotopic (exact) mass is 457 g/mol. The highest BCUT2D eigenvalue weighted by Gasteiger charge is 2.31. The fourth-order valence-corrected chi connectivity index (χ4v) is 3.22. The van der Waals surface area contributed by atoms with Gasteiger partial charge in [-0.25, -0.2) is 9.36 Å². The quantitative estimate of drug-likeness (QED) is 0.449. The third kappa shape index (κ3) is 5.35. The molecule has 0 aliphatic rings. The van der Waals surface area contributed by atoms with Crippen LogP contribution in [0.1, 0.15) is 11.1 Å². The maximum absolute atomic E-state index is 12.9. The molecule has 1 N–H and O–H groups in total. The number of ether oxygens (including phenoxy) is 2. The van der Waals surface area contributed by atoms with E-state index in [-0.39, 0.29) is 18.1 Å². The van der Waals surface area contributed by atoms with Crippen LogP contribution in [0.15, 0.2) is 84.0 Å². The summed E-state index contributed by atoms with van der Waals surface area (Å²) in [5.41, 5.74) is 1.23. The second kappa shape index (κ2) is 9.11. The van der Waals surface area contributed by atoms with Crippen LogP contribution >= 0.6 is 0 Å². The molecule has 0 atom stereocenters. The molecular weight excluding hydrogens is 439 g/mol. The lowest BCUT2D eigenvalue weighted by molar-refractivity contribution is -0.274. The predicted molar refractivity (Wildman–Crippen MR) is 112 cm³/mol. The summed E-state index contributed by atoms with van der Waals surface area (Å²) in [4.78, 5) is 17.0. The van der Waals surface area contributed by atoms with Gasteiger partial charge in [0, 0.05) is 11.8 Å². The summed E-state index contributed by atoms with van der Waals surface area (Å²) < 4.78 is 49.0. The molecule has 7 nitrogen and oxygen atoms in total. The van der Waals surface area contributed by atoms with E-state index in [1.807, 2.05) is 30.3 Å². The smallest absolute Gasteiger partial charge is 0.493 e. The lowest BCUT2D eigenvalue weighted by Gasteiger charge is -2.11. The van der Waals surface area contributed by atoms with Crippen molar-refractivity contribution in [3.8, 4) is 23.1 Å². The largest absolute Gasteiger partial charge is 0.573 e. The van der Waals surface area contributed by atoms with E-state index in [4.69, 9.17) is 4.74 Å². The molecule has 0 bridgehead atoms. The molecule has 2 heterocycles. The Kier molecular flexibility index (Phi) is 6.07. The number of imidazole rings is 1. The van der Waals surface area contributed by atoms with Gasteiger partial charge in [-0.2, -0.15) is 0 Å². The molecule has 4 aromatic rings. The topological polar surface area (TPSA) is 78.5 Å². The van der Waals surface area contributed by atoms with Gasteiger partial charge in [0.2, 0.25) is 5.88 Å². The zero-order valence-electron chi connectivity index (χ0n) is 17.1. The van der Waals surface area contributed by atoms with Crippen LogP contribution in [0.25, 0.3) is 5.69 Å². The molecule has 33 heavy (non-hydrogen) atoms. The predicted octanol–water partition coefficient (Wildman–Crippen LogP) is 4.27. The van der Waals surface area contributed by atoms with Crippen LogP contribution in [0.3, 0.4) is 0 Å². The average Bonchev–Trinajstić information content (AvgIpc) is 3.06. The number of aromatic nitrogens is 3. The Hall–Kier alpha value is -4.21. The second-order valence-corrected chi connectivity index (χ2v) is 7.03. The van der Waals surface area contributed by atoms with E-state index in [1.54, 1.807) is 18.5 Å². The van der Waals surface area contributed by atoms with Crippen molar-refractivity contribution in [1.29, 1.82) is 0 Å². The van der Waals surface area contributed by atoms with Crippen molar-refractivity contribution in [1.82, 2.24) is 14.1 Å². The van der Waals surface area contributed by atoms with Gasteiger partial charge in [-0.05, 0) is 35.9 Å². The number of hydrogen-bond acceptors (Lipinski definition) is 5. The maximum Gasteiger partial charge on any atom is 0.573 e. The average molecular weight is 457 g/mol. The molecular formula is C23H18F3N3O4. The molecule has 4 rings (SSSR count). The van der Waals surface area contributed by atoms with Crippen LogP contribution < -0.4 is 15.2 Å². The van der Waals surface area contributed by atoms with E-state index in [2.05, 4.69) is 9.72 Å². The minimum absolute atomic E-state index is 0.0846. The zero-order chi connectivity index (χ0) is 23.4. The van der Waals surface area contributed by atoms with Gasteiger partial charge in [0.05, 0.1) is 24.6 Å². The number of alkyl halides is 3. The number of aromatic hydroxyl groups is 1. The fraction of sp³-hybridized carbons (Fsp3) is 0.130. The highest BCUT2D eigenvalue weighted by molar-refractivity contribution is 5.40. The molecule has 0 aliphatic heterocycles. The lowest BCUT2D eigenvalue weighted by atomic mass is 10.2. The summed E-state index contributed by atoms with van der Waals surface area (Å²) in [6.07, 6.45) is -0.482. The Morgan fingerprint density at radius 1 is 1.00 bits per heavy atom. The number of hydrogen-bond donors (Lipinski definition) is 1. The van der Waals surface area contributed by atoms with E-state index in [0.717, 1.165) is 22.3 Å². The summed E-state index contributed by atoms with van der Waals surface area (Å²) in [7, 11) is 0. The minimum Gasteiger partial charge on any atom is -0.493 e. The van der Waals surface area contributed by atoms with E-state index < -0.39 is 17.8 Å². The second-order valence-electron chi connectivity index (χ2n) is 7.03. The van der Waals surface area contributed by atoms with Gasteiger partial charge in [0.15, 0.2) is 0 Å². The van der Waals surface area contributed by atoms with Crippen LogP contribution in [0.5, 0.6) is 17.4 Å². The van der Waals surface area contributed by atoms with Crippen LogP contribution in [0.2, 0.25) is 0 Å². The molecule has 2 aromatic carbocycles. The molecule has 0 saturated heterocycles. The van der Waals surface area contributed by atoms with Crippen molar-refractivity contribution < 1.29 is 27.8 Å². The molecule has 0 unspecified atom stereocenters. The Bertz CT molecular complexity index is 1280. The van der Waals surface area contributed by atoms with Crippen LogP contribution in [0, 0.1) is 0 Å². The van der Waals surface area contributed by atoms with Crippen molar-refractivity contribution in [2.45, 2.75) is 19.5 Å². The van der Waals surface area contributed by atoms with E-state index in [9.17, 15) is 23.1 Å². The first-order chi connectivity index (χ1) is 15.8. The summed E-state index contributed by atoms with van der Waals surface area (Å²) in [6.45, 7) is 0.397. The first kappa shape index (κ1) is 22.0. The van der Waals surface area contributed by atoms with Gasteiger partial charge >= 0.3 is 12.1 Å². The molecule has 0 spiro atoms. The Labute approximate surface area is 185 Å². The molecule has 2 aromatic heterocycles. The SMILES string of the molecule is O=c1n(Cc2ccncc2OCc2ccccc2)cc(O)n1-c1ccc(OC(F)(F)F)cc1. The van der Waals surface area contributed by atoms with Crippen molar-refractivity contribution in [2.24, 2.45) is 0 Å². The van der Waals surface area contributed by atoms with Gasteiger partial charge in [-0.3, -0.25) is 9.55 Å². The number of benzene rings is 2. The normalized spacial score (nSPS) is 11.4. The Balaban J connectivity index is 1.55. The molecule has 0 amide bonds. The standard InChI is InChI=1S/C23H18F3N3O4/c24-23(25,26)33-19-8-6-18(7-9-19)29-21(30)14-28(22(29)31)13-17-10-11-27-12-20(17)32-15-16-4-2-1-3-5-16/h1-12,14,30H,13,15H2. The molecule has 0 radical (unpaired) electrons. The first-order valence-electron chi connectivity index (χ1n) is 9.77. The molecule has 0 saturated carbocycles. The fourth-order valence-electron chi connectivity index (χ4n) is 3.22. The van der Waals surface area contributed by atoms with Crippen LogP contribution in [-0.2, 0) is 13.2 Å². The van der Waals surface area contributed by atoms with Gasteiger partial charge in [0.25, 0.3) is 0 Å². The number of halogens is 3. The molecule has 10 heteroatoms. The van der Waals surface area contributed by atoms with E-state index in [0.29, 0.717) is 17.9 Å². The summed E-state index contributed by atoms with van der Waals surface area (Å²) in [5.74, 6) is -0.324. The van der Waals surface area contributed by atoms with Crippen LogP contribution in [-0.4, -0.2) is 25.6 Å². The van der Waals surface area contributed by atoms with Gasteiger partial charge < -0.3 is 14.6 Å². The number of nitrogens with zero attached hydrogens (tertiary/aromatic N) is 3. The molecule has 0 aliphatic carbocycles. The third-order valence-corrected chi connectivity index (χ3v) is 4.71. The van der Waals surface area contributed by atoms with Gasteiger partial charge in [-0.15, -0.1) is 13.2 Å². The van der Waals surface area contributed by atoms with Crippen molar-refractivity contribution in [3.63, 3.8) is 0 Å². The van der Waals surface area contributed by atoms with Gasteiger partial charge in [-0.1, -0.05) is 30.3 Å².